The number of anilines is 1. The number of halogens is 5. The first-order valence-electron chi connectivity index (χ1n) is 12.1. The second-order valence-electron chi connectivity index (χ2n) is 8.58. The van der Waals surface area contributed by atoms with E-state index in [0.717, 1.165) is 22.3 Å². The molecule has 2 aromatic heterocycles. The van der Waals surface area contributed by atoms with Crippen LogP contribution in [-0.4, -0.2) is 72.7 Å². The minimum atomic E-state index is -4.52. The van der Waals surface area contributed by atoms with Gasteiger partial charge in [-0.3, -0.25) is 4.79 Å². The summed E-state index contributed by atoms with van der Waals surface area (Å²) in [4.78, 5) is 32.7. The molecule has 0 saturated carbocycles. The zero-order chi connectivity index (χ0) is 28.0. The lowest BCUT2D eigenvalue weighted by atomic mass is 10.2. The van der Waals surface area contributed by atoms with Gasteiger partial charge in [0.05, 0.1) is 15.6 Å². The van der Waals surface area contributed by atoms with E-state index in [1.165, 1.54) is 11.3 Å². The maximum Gasteiger partial charge on any atom is 0.417 e. The molecule has 1 aromatic carbocycles. The summed E-state index contributed by atoms with van der Waals surface area (Å²) in [7, 11) is 0. The summed E-state index contributed by atoms with van der Waals surface area (Å²) in [6, 6.07) is 8.45. The van der Waals surface area contributed by atoms with Crippen molar-refractivity contribution in [1.82, 2.24) is 15.2 Å². The Morgan fingerprint density at radius 1 is 1.13 bits per heavy atom. The number of nitrogens with one attached hydrogen (secondary N) is 1. The molecule has 1 saturated heterocycles. The molecule has 0 radical (unpaired) electrons. The van der Waals surface area contributed by atoms with E-state index in [4.69, 9.17) is 27.9 Å². The molecule has 39 heavy (non-hydrogen) atoms. The number of thiophene rings is 1. The number of benzene rings is 1. The molecule has 2 amide bonds. The molecular weight excluding hydrogens is 596 g/mol. The van der Waals surface area contributed by atoms with Gasteiger partial charge >= 0.3 is 12.3 Å². The highest BCUT2D eigenvalue weighted by Gasteiger charge is 2.32. The smallest absolute Gasteiger partial charge is 0.417 e. The van der Waals surface area contributed by atoms with Gasteiger partial charge in [0, 0.05) is 60.5 Å². The number of hydrogen-bond donors (Lipinski definition) is 1. The van der Waals surface area contributed by atoms with Gasteiger partial charge in [0.2, 0.25) is 0 Å². The van der Waals surface area contributed by atoms with E-state index in [1.54, 1.807) is 21.6 Å². The second-order valence-corrected chi connectivity index (χ2v) is 11.6. The van der Waals surface area contributed by atoms with E-state index in [2.05, 4.69) is 10.3 Å². The zero-order valence-electron chi connectivity index (χ0n) is 20.6. The van der Waals surface area contributed by atoms with Crippen LogP contribution in [0.3, 0.4) is 0 Å². The van der Waals surface area contributed by atoms with Gasteiger partial charge in [0.25, 0.3) is 5.91 Å². The highest BCUT2D eigenvalue weighted by molar-refractivity contribution is 7.99. The number of amides is 2. The average molecular weight is 622 g/mol. The van der Waals surface area contributed by atoms with Crippen LogP contribution in [0.25, 0.3) is 10.1 Å². The van der Waals surface area contributed by atoms with E-state index in [1.807, 2.05) is 24.3 Å². The first kappa shape index (κ1) is 29.6. The predicted octanol–water partition coefficient (Wildman–Crippen LogP) is 6.43. The second kappa shape index (κ2) is 13.3. The lowest BCUT2D eigenvalue weighted by Gasteiger charge is -2.23. The molecule has 0 aliphatic carbocycles. The molecular formula is C25H25Cl2F3N4O3S2. The molecule has 3 aromatic rings. The van der Waals surface area contributed by atoms with Crippen molar-refractivity contribution in [1.29, 1.82) is 0 Å². The molecule has 14 heteroatoms. The van der Waals surface area contributed by atoms with E-state index >= 15 is 0 Å². The van der Waals surface area contributed by atoms with Crippen LogP contribution in [0.1, 0.15) is 21.7 Å². The van der Waals surface area contributed by atoms with Crippen LogP contribution in [0, 0.1) is 0 Å². The SMILES string of the molecule is O=C(NCCSCCOC(=O)N1CCCN(c2ncc(C(F)(F)F)cc2Cl)CC1)c1sc2ccccc2c1Cl. The minimum Gasteiger partial charge on any atom is -0.449 e. The van der Waals surface area contributed by atoms with Gasteiger partial charge in [-0.2, -0.15) is 24.9 Å². The highest BCUT2D eigenvalue weighted by Crippen LogP contribution is 2.35. The molecule has 1 fully saturated rings. The molecule has 210 valence electrons. The summed E-state index contributed by atoms with van der Waals surface area (Å²) in [6.45, 7) is 2.31. The van der Waals surface area contributed by atoms with Crippen LogP contribution >= 0.6 is 46.3 Å². The van der Waals surface area contributed by atoms with Crippen LogP contribution in [0.5, 0.6) is 0 Å². The first-order chi connectivity index (χ1) is 18.6. The van der Waals surface area contributed by atoms with Gasteiger partial charge in [-0.1, -0.05) is 41.4 Å². The van der Waals surface area contributed by atoms with E-state index in [-0.39, 0.29) is 23.4 Å². The van der Waals surface area contributed by atoms with Gasteiger partial charge in [-0.25, -0.2) is 9.78 Å². The molecule has 1 aliphatic heterocycles. The third kappa shape index (κ3) is 7.62. The number of fused-ring (bicyclic) bond motifs is 1. The number of alkyl halides is 3. The number of nitrogens with zero attached hydrogens (tertiary/aromatic N) is 3. The summed E-state index contributed by atoms with van der Waals surface area (Å²) in [6.07, 6.45) is -3.61. The normalized spacial score (nSPS) is 14.4. The predicted molar refractivity (Wildman–Crippen MR) is 150 cm³/mol. The number of carbonyl (C=O) groups excluding carboxylic acids is 2. The molecule has 0 bridgehead atoms. The minimum absolute atomic E-state index is 0.0824. The van der Waals surface area contributed by atoms with Crippen molar-refractivity contribution in [3.8, 4) is 0 Å². The summed E-state index contributed by atoms with van der Waals surface area (Å²) in [5.41, 5.74) is -0.905. The average Bonchev–Trinajstić information content (AvgIpc) is 3.07. The third-order valence-corrected chi connectivity index (χ3v) is 8.83. The number of hydrogen-bond acceptors (Lipinski definition) is 7. The molecule has 3 heterocycles. The summed E-state index contributed by atoms with van der Waals surface area (Å²) >= 11 is 15.3. The Bertz CT molecular complexity index is 1330. The molecule has 7 nitrogen and oxygen atoms in total. The number of carbonyl (C=O) groups is 2. The Balaban J connectivity index is 1.14. The summed E-state index contributed by atoms with van der Waals surface area (Å²) < 4.78 is 45.0. The van der Waals surface area contributed by atoms with Gasteiger partial charge < -0.3 is 19.9 Å². The van der Waals surface area contributed by atoms with Gasteiger partial charge in [-0.15, -0.1) is 11.3 Å². The number of pyridine rings is 1. The number of aromatic nitrogens is 1. The number of ether oxygens (including phenoxy) is 1. The van der Waals surface area contributed by atoms with Crippen LogP contribution in [-0.2, 0) is 10.9 Å². The Kier molecular flexibility index (Phi) is 10.1. The molecule has 0 spiro atoms. The molecule has 0 unspecified atom stereocenters. The maximum atomic E-state index is 12.9. The molecule has 0 atom stereocenters. The van der Waals surface area contributed by atoms with Gasteiger partial charge in [-0.05, 0) is 18.6 Å². The van der Waals surface area contributed by atoms with Crippen molar-refractivity contribution >= 4 is 74.2 Å². The maximum absolute atomic E-state index is 12.9. The van der Waals surface area contributed by atoms with Crippen LogP contribution in [0.4, 0.5) is 23.8 Å². The zero-order valence-corrected chi connectivity index (χ0v) is 23.7. The Morgan fingerprint density at radius 3 is 2.67 bits per heavy atom. The topological polar surface area (TPSA) is 74.8 Å². The lowest BCUT2D eigenvalue weighted by molar-refractivity contribution is -0.137. The summed E-state index contributed by atoms with van der Waals surface area (Å²) in [5, 5.41) is 4.11. The van der Waals surface area contributed by atoms with E-state index < -0.39 is 17.8 Å². The largest absolute Gasteiger partial charge is 0.449 e. The van der Waals surface area contributed by atoms with Gasteiger partial charge in [0.1, 0.15) is 17.3 Å². The number of thioether (sulfide) groups is 1. The van der Waals surface area contributed by atoms with Crippen LogP contribution in [0.15, 0.2) is 36.5 Å². The lowest BCUT2D eigenvalue weighted by Crippen LogP contribution is -2.36. The third-order valence-electron chi connectivity index (χ3n) is 5.93. The van der Waals surface area contributed by atoms with Crippen molar-refractivity contribution in [2.24, 2.45) is 0 Å². The fraction of sp³-hybridized carbons (Fsp3) is 0.400. The van der Waals surface area contributed by atoms with Crippen molar-refractivity contribution < 1.29 is 27.5 Å². The number of rotatable bonds is 8. The summed E-state index contributed by atoms with van der Waals surface area (Å²) in [5.74, 6) is 1.26. The quantitative estimate of drug-likeness (QED) is 0.292. The first-order valence-corrected chi connectivity index (χ1v) is 14.8. The van der Waals surface area contributed by atoms with Gasteiger partial charge in [0.15, 0.2) is 0 Å². The Morgan fingerprint density at radius 2 is 1.92 bits per heavy atom. The fourth-order valence-electron chi connectivity index (χ4n) is 3.99. The Labute approximate surface area is 241 Å². The van der Waals surface area contributed by atoms with Crippen molar-refractivity contribution in [3.63, 3.8) is 0 Å². The fourth-order valence-corrected chi connectivity index (χ4v) is 6.36. The van der Waals surface area contributed by atoms with Crippen LogP contribution in [0.2, 0.25) is 10.0 Å². The highest BCUT2D eigenvalue weighted by atomic mass is 35.5. The van der Waals surface area contributed by atoms with Crippen molar-refractivity contribution in [2.45, 2.75) is 12.6 Å². The van der Waals surface area contributed by atoms with Crippen molar-refractivity contribution in [3.05, 3.63) is 57.0 Å². The Hall–Kier alpha value is -2.41. The van der Waals surface area contributed by atoms with Crippen molar-refractivity contribution in [2.75, 3.05) is 55.7 Å². The molecule has 4 rings (SSSR count). The van der Waals surface area contributed by atoms with E-state index in [9.17, 15) is 22.8 Å². The monoisotopic (exact) mass is 620 g/mol. The molecule has 1 N–H and O–H groups in total. The standard InChI is InChI=1S/C25H25Cl2F3N4O3S2/c26-18-14-16(25(28,29)30)15-32-22(18)33-7-3-8-34(10-9-33)24(36)37-11-13-38-12-6-31-23(35)21-20(27)17-4-1-2-5-19(17)39-21/h1-2,4-5,14-15H,3,6-13H2,(H,31,35). The van der Waals surface area contributed by atoms with E-state index in [0.29, 0.717) is 60.6 Å². The van der Waals surface area contributed by atoms with Crippen LogP contribution < -0.4 is 10.2 Å². The molecule has 1 aliphatic rings.